The van der Waals surface area contributed by atoms with Gasteiger partial charge in [-0.25, -0.2) is 4.79 Å². The van der Waals surface area contributed by atoms with Gasteiger partial charge in [0.25, 0.3) is 0 Å². The summed E-state index contributed by atoms with van der Waals surface area (Å²) < 4.78 is 5.28. The molecule has 1 unspecified atom stereocenters. The van der Waals surface area contributed by atoms with Crippen molar-refractivity contribution in [2.75, 3.05) is 0 Å². The summed E-state index contributed by atoms with van der Waals surface area (Å²) in [5, 5.41) is 10.1. The molecule has 1 aliphatic carbocycles. The first-order valence-corrected chi connectivity index (χ1v) is 6.44. The monoisotopic (exact) mass is 251 g/mol. The van der Waals surface area contributed by atoms with Crippen molar-refractivity contribution in [2.24, 2.45) is 5.92 Å². The van der Waals surface area contributed by atoms with E-state index in [1.54, 1.807) is 0 Å². The van der Waals surface area contributed by atoms with Crippen molar-refractivity contribution in [3.05, 3.63) is 17.0 Å². The first-order valence-electron chi connectivity index (χ1n) is 6.44. The number of nitrogens with one attached hydrogen (secondary N) is 1. The van der Waals surface area contributed by atoms with Gasteiger partial charge in [0.15, 0.2) is 11.4 Å². The fourth-order valence-electron chi connectivity index (χ4n) is 2.33. The average molecular weight is 251 g/mol. The molecule has 0 aliphatic heterocycles. The molecule has 18 heavy (non-hydrogen) atoms. The fourth-order valence-corrected chi connectivity index (χ4v) is 2.33. The van der Waals surface area contributed by atoms with Crippen LogP contribution in [0.3, 0.4) is 0 Å². The van der Waals surface area contributed by atoms with Crippen molar-refractivity contribution in [3.63, 3.8) is 0 Å². The molecule has 1 atom stereocenters. The van der Waals surface area contributed by atoms with Crippen LogP contribution in [0.25, 0.3) is 0 Å². The van der Waals surface area contributed by atoms with Crippen LogP contribution in [0, 0.1) is 5.92 Å². The number of aromatic amines is 1. The van der Waals surface area contributed by atoms with Gasteiger partial charge in [-0.3, -0.25) is 0 Å². The lowest BCUT2D eigenvalue weighted by atomic mass is 9.89. The van der Waals surface area contributed by atoms with Gasteiger partial charge >= 0.3 is 5.97 Å². The van der Waals surface area contributed by atoms with Crippen LogP contribution in [0.1, 0.15) is 55.9 Å². The number of aromatic hydroxyl groups is 1. The molecule has 1 aliphatic rings. The number of carbonyl (C=O) groups excluding carboxylic acids is 1. The van der Waals surface area contributed by atoms with E-state index in [2.05, 4.69) is 11.9 Å². The van der Waals surface area contributed by atoms with Gasteiger partial charge in [0.05, 0.1) is 0 Å². The van der Waals surface area contributed by atoms with Crippen LogP contribution in [0.2, 0.25) is 0 Å². The van der Waals surface area contributed by atoms with Crippen molar-refractivity contribution in [1.82, 2.24) is 4.98 Å². The Hall–Kier alpha value is -1.45. The third-order valence-corrected chi connectivity index (χ3v) is 3.21. The van der Waals surface area contributed by atoms with Crippen LogP contribution in [0.4, 0.5) is 0 Å². The number of hydrogen-bond donors (Lipinski definition) is 2. The zero-order valence-electron chi connectivity index (χ0n) is 11.5. The topological polar surface area (TPSA) is 62.3 Å². The summed E-state index contributed by atoms with van der Waals surface area (Å²) >= 11 is 0. The lowest BCUT2D eigenvalue weighted by molar-refractivity contribution is 0.00606. The molecule has 0 saturated carbocycles. The Bertz CT molecular complexity index is 468. The number of hydrogen-bond acceptors (Lipinski definition) is 3. The molecule has 1 aromatic heterocycles. The molecule has 4 heteroatoms. The highest BCUT2D eigenvalue weighted by molar-refractivity contribution is 5.91. The molecule has 0 amide bonds. The average Bonchev–Trinajstić information content (AvgIpc) is 2.54. The molecule has 0 fully saturated rings. The second kappa shape index (κ2) is 4.34. The lowest BCUT2D eigenvalue weighted by Gasteiger charge is -2.19. The molecule has 0 radical (unpaired) electrons. The van der Waals surface area contributed by atoms with Crippen LogP contribution < -0.4 is 0 Å². The summed E-state index contributed by atoms with van der Waals surface area (Å²) in [6, 6.07) is 0. The highest BCUT2D eigenvalue weighted by atomic mass is 16.6. The lowest BCUT2D eigenvalue weighted by Crippen LogP contribution is -2.24. The van der Waals surface area contributed by atoms with Gasteiger partial charge in [0.1, 0.15) is 5.60 Å². The second-order valence-corrected chi connectivity index (χ2v) is 6.16. The molecule has 0 saturated heterocycles. The summed E-state index contributed by atoms with van der Waals surface area (Å²) in [6.07, 6.45) is 2.79. The maximum atomic E-state index is 12.0. The highest BCUT2D eigenvalue weighted by Gasteiger charge is 2.28. The maximum Gasteiger partial charge on any atom is 0.359 e. The van der Waals surface area contributed by atoms with Crippen molar-refractivity contribution >= 4 is 5.97 Å². The highest BCUT2D eigenvalue weighted by Crippen LogP contribution is 2.34. The molecular formula is C14H21NO3. The predicted octanol–water partition coefficient (Wildman–Crippen LogP) is 2.80. The minimum Gasteiger partial charge on any atom is -0.505 e. The van der Waals surface area contributed by atoms with Gasteiger partial charge in [0, 0.05) is 11.3 Å². The number of aryl methyl sites for hydroxylation is 1. The number of fused-ring (bicyclic) bond motifs is 1. The normalized spacial score (nSPS) is 19.4. The first kappa shape index (κ1) is 13.0. The van der Waals surface area contributed by atoms with E-state index >= 15 is 0 Å². The smallest absolute Gasteiger partial charge is 0.359 e. The van der Waals surface area contributed by atoms with Gasteiger partial charge in [0.2, 0.25) is 0 Å². The van der Waals surface area contributed by atoms with Crippen LogP contribution in [-0.4, -0.2) is 21.7 Å². The van der Waals surface area contributed by atoms with Gasteiger partial charge in [-0.15, -0.1) is 0 Å². The molecular weight excluding hydrogens is 230 g/mol. The van der Waals surface area contributed by atoms with Gasteiger partial charge < -0.3 is 14.8 Å². The van der Waals surface area contributed by atoms with Gasteiger partial charge in [-0.05, 0) is 46.0 Å². The van der Waals surface area contributed by atoms with Crippen molar-refractivity contribution in [1.29, 1.82) is 0 Å². The zero-order chi connectivity index (χ0) is 13.5. The van der Waals surface area contributed by atoms with E-state index in [4.69, 9.17) is 4.74 Å². The minimum absolute atomic E-state index is 0.0748. The third-order valence-electron chi connectivity index (χ3n) is 3.21. The molecule has 100 valence electrons. The van der Waals surface area contributed by atoms with Crippen molar-refractivity contribution in [3.8, 4) is 5.75 Å². The molecule has 2 rings (SSSR count). The second-order valence-electron chi connectivity index (χ2n) is 6.16. The van der Waals surface area contributed by atoms with E-state index in [9.17, 15) is 9.90 Å². The molecule has 0 bridgehead atoms. The SMILES string of the molecule is CC1CCc2[nH]c(C(=O)OC(C)(C)C)c(O)c2C1. The maximum absolute atomic E-state index is 12.0. The fraction of sp³-hybridized carbons (Fsp3) is 0.643. The van der Waals surface area contributed by atoms with E-state index < -0.39 is 11.6 Å². The summed E-state index contributed by atoms with van der Waals surface area (Å²) in [5.74, 6) is 0.138. The number of ether oxygens (including phenoxy) is 1. The van der Waals surface area contributed by atoms with E-state index in [0.717, 1.165) is 30.5 Å². The first-order chi connectivity index (χ1) is 8.28. The van der Waals surface area contributed by atoms with E-state index in [1.165, 1.54) is 0 Å². The molecule has 0 spiro atoms. The van der Waals surface area contributed by atoms with E-state index in [-0.39, 0.29) is 11.4 Å². The molecule has 0 aromatic carbocycles. The van der Waals surface area contributed by atoms with Crippen LogP contribution in [0.5, 0.6) is 5.75 Å². The summed E-state index contributed by atoms with van der Waals surface area (Å²) in [5.41, 5.74) is 1.51. The Kier molecular flexibility index (Phi) is 3.13. The number of aromatic nitrogens is 1. The number of H-pyrrole nitrogens is 1. The van der Waals surface area contributed by atoms with Crippen LogP contribution >= 0.6 is 0 Å². The molecule has 2 N–H and O–H groups in total. The predicted molar refractivity (Wildman–Crippen MR) is 68.8 cm³/mol. The quantitative estimate of drug-likeness (QED) is 0.754. The van der Waals surface area contributed by atoms with Crippen molar-refractivity contribution < 1.29 is 14.6 Å². The van der Waals surface area contributed by atoms with Crippen LogP contribution in [-0.2, 0) is 17.6 Å². The van der Waals surface area contributed by atoms with Crippen LogP contribution in [0.15, 0.2) is 0 Å². The summed E-state index contributed by atoms with van der Waals surface area (Å²) in [6.45, 7) is 7.59. The number of esters is 1. The molecule has 1 aromatic rings. The summed E-state index contributed by atoms with van der Waals surface area (Å²) in [4.78, 5) is 15.0. The number of carbonyl (C=O) groups is 1. The largest absolute Gasteiger partial charge is 0.505 e. The Balaban J connectivity index is 2.28. The molecule has 4 nitrogen and oxygen atoms in total. The van der Waals surface area contributed by atoms with Crippen molar-refractivity contribution in [2.45, 2.75) is 52.6 Å². The Morgan fingerprint density at radius 2 is 2.11 bits per heavy atom. The Morgan fingerprint density at radius 1 is 1.44 bits per heavy atom. The number of rotatable bonds is 1. The standard InChI is InChI=1S/C14H21NO3/c1-8-5-6-10-9(7-8)12(16)11(15-10)13(17)18-14(2,3)4/h8,15-16H,5-7H2,1-4H3. The van der Waals surface area contributed by atoms with E-state index in [1.807, 2.05) is 20.8 Å². The third kappa shape index (κ3) is 2.52. The Morgan fingerprint density at radius 3 is 2.72 bits per heavy atom. The van der Waals surface area contributed by atoms with E-state index in [0.29, 0.717) is 5.92 Å². The molecule has 1 heterocycles. The Labute approximate surface area is 107 Å². The van der Waals surface area contributed by atoms with Gasteiger partial charge in [-0.1, -0.05) is 6.92 Å². The minimum atomic E-state index is -0.553. The summed E-state index contributed by atoms with van der Waals surface area (Å²) in [7, 11) is 0. The zero-order valence-corrected chi connectivity index (χ0v) is 11.5. The van der Waals surface area contributed by atoms with Gasteiger partial charge in [-0.2, -0.15) is 0 Å².